The predicted molar refractivity (Wildman–Crippen MR) is 121 cm³/mol. The first-order valence-corrected chi connectivity index (χ1v) is 11.1. The van der Waals surface area contributed by atoms with Gasteiger partial charge in [-0.15, -0.1) is 0 Å². The van der Waals surface area contributed by atoms with Gasteiger partial charge in [0.15, 0.2) is 0 Å². The lowest BCUT2D eigenvalue weighted by Crippen LogP contribution is -2.41. The summed E-state index contributed by atoms with van der Waals surface area (Å²) >= 11 is 0. The van der Waals surface area contributed by atoms with E-state index in [0.717, 1.165) is 4.90 Å². The van der Waals surface area contributed by atoms with Crippen LogP contribution >= 0.6 is 0 Å². The number of carbonyl (C=O) groups is 2. The van der Waals surface area contributed by atoms with Gasteiger partial charge >= 0.3 is 0 Å². The number of hydrogen-bond acceptors (Lipinski definition) is 8. The lowest BCUT2D eigenvalue weighted by atomic mass is 10.0. The summed E-state index contributed by atoms with van der Waals surface area (Å²) in [4.78, 5) is 50.3. The third-order valence-electron chi connectivity index (χ3n) is 5.78. The summed E-state index contributed by atoms with van der Waals surface area (Å²) in [6.07, 6.45) is -0.578. The number of benzene rings is 1. The van der Waals surface area contributed by atoms with Gasteiger partial charge in [0.2, 0.25) is 10.9 Å². The number of carbonyl (C=O) groups excluding carboxylic acids is 2. The molecule has 2 aromatic carbocycles. The summed E-state index contributed by atoms with van der Waals surface area (Å²) in [5.41, 5.74) is 0.331. The van der Waals surface area contributed by atoms with Gasteiger partial charge < -0.3 is 14.2 Å². The molecule has 2 aliphatic rings. The van der Waals surface area contributed by atoms with E-state index in [1.165, 1.54) is 18.2 Å². The van der Waals surface area contributed by atoms with Crippen LogP contribution in [0.25, 0.3) is 0 Å². The van der Waals surface area contributed by atoms with Crippen LogP contribution in [0.1, 0.15) is 39.1 Å². The molecule has 2 aromatic rings. The van der Waals surface area contributed by atoms with Crippen molar-refractivity contribution in [3.8, 4) is 6.07 Å². The highest BCUT2D eigenvalue weighted by molar-refractivity contribution is 6.21. The Kier molecular flexibility index (Phi) is 7.64. The van der Waals surface area contributed by atoms with E-state index < -0.39 is 41.0 Å². The van der Waals surface area contributed by atoms with Crippen molar-refractivity contribution in [1.29, 1.82) is 5.26 Å². The second kappa shape index (κ2) is 11.0. The van der Waals surface area contributed by atoms with Crippen molar-refractivity contribution in [2.45, 2.75) is 37.6 Å². The van der Waals surface area contributed by atoms with Crippen LogP contribution in [0.4, 0.5) is 0 Å². The van der Waals surface area contributed by atoms with Crippen LogP contribution in [-0.4, -0.2) is 55.0 Å². The van der Waals surface area contributed by atoms with Gasteiger partial charge in [-0.1, -0.05) is 18.2 Å². The largest absolute Gasteiger partial charge is 0.370 e. The molecule has 2 aliphatic heterocycles. The van der Waals surface area contributed by atoms with Gasteiger partial charge in [-0.3, -0.25) is 24.1 Å². The fourth-order valence-electron chi connectivity index (χ4n) is 4.16. The predicted octanol–water partition coefficient (Wildman–Crippen LogP) is 1.28. The zero-order valence-electron chi connectivity index (χ0n) is 18.8. The fraction of sp³-hybridized carbons (Fsp3) is 0.346. The maximum Gasteiger partial charge on any atom is 0.261 e. The summed E-state index contributed by atoms with van der Waals surface area (Å²) in [5.74, 6) is -0.787. The molecule has 178 valence electrons. The molecule has 0 bridgehead atoms. The summed E-state index contributed by atoms with van der Waals surface area (Å²) in [7, 11) is 0. The molecular formula is C26H22N2O7. The molecule has 4 rings (SSSR count). The monoisotopic (exact) mass is 474 g/mol. The van der Waals surface area contributed by atoms with E-state index in [1.54, 1.807) is 24.3 Å². The quantitative estimate of drug-likeness (QED) is 0.303. The molecule has 2 amide bonds. The SMILES string of the molecule is N#CCCOCO[C@H]1C[C@H](Cc2ccc(=O)c#cc(=O)c2)O[C@@H]1CN1C(=O)c2ccccc2C1=O. The maximum atomic E-state index is 12.8. The van der Waals surface area contributed by atoms with Crippen LogP contribution in [0.2, 0.25) is 0 Å². The third kappa shape index (κ3) is 5.79. The van der Waals surface area contributed by atoms with E-state index >= 15 is 0 Å². The molecule has 1 saturated heterocycles. The van der Waals surface area contributed by atoms with Gasteiger partial charge in [0, 0.05) is 6.42 Å². The van der Waals surface area contributed by atoms with Crippen molar-refractivity contribution in [3.05, 3.63) is 91.7 Å². The molecule has 0 aliphatic carbocycles. The number of nitriles is 1. The molecule has 1 fully saturated rings. The summed E-state index contributed by atoms with van der Waals surface area (Å²) < 4.78 is 17.3. The highest BCUT2D eigenvalue weighted by atomic mass is 16.7. The maximum absolute atomic E-state index is 12.8. The molecule has 0 N–H and O–H groups in total. The Hall–Kier alpha value is -3.89. The average Bonchev–Trinajstić information content (AvgIpc) is 3.33. The summed E-state index contributed by atoms with van der Waals surface area (Å²) in [5, 5.41) is 8.64. The van der Waals surface area contributed by atoms with Crippen molar-refractivity contribution in [2.75, 3.05) is 19.9 Å². The number of fused-ring (bicyclic) bond motifs is 1. The Morgan fingerprint density at radius 2 is 1.74 bits per heavy atom. The second-order valence-corrected chi connectivity index (χ2v) is 8.17. The smallest absolute Gasteiger partial charge is 0.261 e. The molecule has 0 saturated carbocycles. The number of hydrogen-bond donors (Lipinski definition) is 0. The van der Waals surface area contributed by atoms with E-state index in [1.807, 2.05) is 6.07 Å². The zero-order valence-corrected chi connectivity index (χ0v) is 18.8. The molecule has 3 atom stereocenters. The molecule has 9 nitrogen and oxygen atoms in total. The van der Waals surface area contributed by atoms with Crippen LogP contribution in [0.5, 0.6) is 0 Å². The number of amides is 2. The van der Waals surface area contributed by atoms with Crippen molar-refractivity contribution < 1.29 is 23.8 Å². The highest BCUT2D eigenvalue weighted by Gasteiger charge is 2.42. The highest BCUT2D eigenvalue weighted by Crippen LogP contribution is 2.29. The Bertz CT molecular complexity index is 1240. The van der Waals surface area contributed by atoms with E-state index in [4.69, 9.17) is 19.5 Å². The van der Waals surface area contributed by atoms with Crippen LogP contribution in [0, 0.1) is 23.5 Å². The van der Waals surface area contributed by atoms with Gasteiger partial charge in [0.05, 0.1) is 49.0 Å². The number of nitrogens with zero attached hydrogens (tertiary/aromatic N) is 2. The summed E-state index contributed by atoms with van der Waals surface area (Å²) in [6.45, 7) is 0.126. The number of ether oxygens (including phenoxy) is 3. The van der Waals surface area contributed by atoms with Gasteiger partial charge in [-0.05, 0) is 48.4 Å². The molecule has 0 radical (unpaired) electrons. The number of imide groups is 1. The van der Waals surface area contributed by atoms with Crippen molar-refractivity contribution in [2.24, 2.45) is 0 Å². The van der Waals surface area contributed by atoms with Crippen LogP contribution in [0.15, 0.2) is 52.1 Å². The fourth-order valence-corrected chi connectivity index (χ4v) is 4.16. The Morgan fingerprint density at radius 3 is 2.46 bits per heavy atom. The van der Waals surface area contributed by atoms with Gasteiger partial charge in [0.25, 0.3) is 11.8 Å². The van der Waals surface area contributed by atoms with E-state index in [2.05, 4.69) is 12.1 Å². The molecule has 0 aromatic heterocycles. The normalized spacial score (nSPS) is 20.9. The Balaban J connectivity index is 1.49. The first-order valence-electron chi connectivity index (χ1n) is 11.1. The molecule has 9 heteroatoms. The lowest BCUT2D eigenvalue weighted by molar-refractivity contribution is -0.109. The minimum Gasteiger partial charge on any atom is -0.370 e. The third-order valence-corrected chi connectivity index (χ3v) is 5.78. The van der Waals surface area contributed by atoms with E-state index in [0.29, 0.717) is 29.5 Å². The molecule has 0 spiro atoms. The Labute approximate surface area is 201 Å². The molecule has 0 unspecified atom stereocenters. The van der Waals surface area contributed by atoms with Crippen molar-refractivity contribution >= 4 is 11.8 Å². The van der Waals surface area contributed by atoms with Crippen LogP contribution < -0.4 is 10.9 Å². The Morgan fingerprint density at radius 1 is 1.03 bits per heavy atom. The number of rotatable bonds is 9. The molecule has 35 heavy (non-hydrogen) atoms. The minimum absolute atomic E-state index is 0.0104. The van der Waals surface area contributed by atoms with Gasteiger partial charge in [-0.25, -0.2) is 0 Å². The van der Waals surface area contributed by atoms with Gasteiger partial charge in [0.1, 0.15) is 12.9 Å². The van der Waals surface area contributed by atoms with Crippen LogP contribution in [-0.2, 0) is 20.6 Å². The average molecular weight is 474 g/mol. The zero-order chi connectivity index (χ0) is 24.8. The van der Waals surface area contributed by atoms with Gasteiger partial charge in [-0.2, -0.15) is 5.26 Å². The first-order chi connectivity index (χ1) is 17.0. The van der Waals surface area contributed by atoms with E-state index in [9.17, 15) is 19.2 Å². The molecular weight excluding hydrogens is 452 g/mol. The standard InChI is InChI=1S/C26H22N2O7/c27-10-3-11-33-16-34-23-14-20(13-17-6-7-18(29)8-9-19(30)12-17)35-24(23)15-28-25(31)21-4-1-2-5-22(21)26(28)32/h1-2,4-7,12,20,23-24H,3,11,13-16H2/t20-,23-,24+/m0/s1. The van der Waals surface area contributed by atoms with Crippen molar-refractivity contribution in [1.82, 2.24) is 4.90 Å². The summed E-state index contributed by atoms with van der Waals surface area (Å²) in [6, 6.07) is 17.3. The topological polar surface area (TPSA) is 123 Å². The van der Waals surface area contributed by atoms with E-state index in [-0.39, 0.29) is 26.4 Å². The minimum atomic E-state index is -0.628. The second-order valence-electron chi connectivity index (χ2n) is 8.17. The molecule has 2 heterocycles. The van der Waals surface area contributed by atoms with Crippen molar-refractivity contribution in [3.63, 3.8) is 0 Å². The first kappa shape index (κ1) is 24.2. The lowest BCUT2D eigenvalue weighted by Gasteiger charge is -2.23. The van der Waals surface area contributed by atoms with Crippen LogP contribution in [0.3, 0.4) is 0 Å².